The number of urea groups is 1. The number of amides is 2. The van der Waals surface area contributed by atoms with E-state index in [9.17, 15) is 14.4 Å². The second-order valence-corrected chi connectivity index (χ2v) is 5.11. The summed E-state index contributed by atoms with van der Waals surface area (Å²) in [7, 11) is 2.98. The van der Waals surface area contributed by atoms with Gasteiger partial charge in [0.2, 0.25) is 0 Å². The van der Waals surface area contributed by atoms with E-state index >= 15 is 0 Å². The van der Waals surface area contributed by atoms with Crippen LogP contribution in [0.4, 0.5) is 10.5 Å². The summed E-state index contributed by atoms with van der Waals surface area (Å²) in [6.45, 7) is 2.09. The minimum absolute atomic E-state index is 0.0586. The number of methoxy groups -OCH3 is 1. The first-order valence-electron chi connectivity index (χ1n) is 6.69. The predicted octanol–water partition coefficient (Wildman–Crippen LogP) is 1.73. The Hall–Kier alpha value is -2.37. The molecule has 2 rings (SSSR count). The summed E-state index contributed by atoms with van der Waals surface area (Å²) in [6, 6.07) is 5.04. The molecule has 6 nitrogen and oxygen atoms in total. The standard InChI is InChI=1S/C15H18N2O4/c1-9(6-13(18)21-3)14(19)10-4-5-12-11(7-10)8-16-15(20)17(12)2/h4-5,7,9H,6,8H2,1-3H3,(H,16,20). The zero-order chi connectivity index (χ0) is 15.6. The molecule has 1 N–H and O–H groups in total. The first-order chi connectivity index (χ1) is 9.93. The number of carbonyl (C=O) groups excluding carboxylic acids is 3. The van der Waals surface area contributed by atoms with Crippen LogP contribution < -0.4 is 10.2 Å². The van der Waals surface area contributed by atoms with E-state index in [1.54, 1.807) is 32.2 Å². The lowest BCUT2D eigenvalue weighted by molar-refractivity contribution is -0.141. The number of Topliss-reactive ketones (excluding diaryl/α,β-unsaturated/α-hetero) is 1. The predicted molar refractivity (Wildman–Crippen MR) is 77.2 cm³/mol. The summed E-state index contributed by atoms with van der Waals surface area (Å²) in [6.07, 6.45) is 0.0586. The van der Waals surface area contributed by atoms with Gasteiger partial charge in [-0.15, -0.1) is 0 Å². The fraction of sp³-hybridized carbons (Fsp3) is 0.400. The molecule has 0 saturated carbocycles. The Balaban J connectivity index is 2.20. The van der Waals surface area contributed by atoms with Gasteiger partial charge in [0.15, 0.2) is 5.78 Å². The number of nitrogens with zero attached hydrogens (tertiary/aromatic N) is 1. The van der Waals surface area contributed by atoms with E-state index in [0.29, 0.717) is 12.1 Å². The van der Waals surface area contributed by atoms with Crippen LogP contribution in [0.3, 0.4) is 0 Å². The van der Waals surface area contributed by atoms with Gasteiger partial charge in [-0.1, -0.05) is 6.92 Å². The molecule has 0 fully saturated rings. The van der Waals surface area contributed by atoms with Gasteiger partial charge in [-0.25, -0.2) is 4.79 Å². The maximum absolute atomic E-state index is 12.3. The van der Waals surface area contributed by atoms with Crippen LogP contribution in [0.5, 0.6) is 0 Å². The second kappa shape index (κ2) is 5.95. The van der Waals surface area contributed by atoms with Gasteiger partial charge in [0.1, 0.15) is 0 Å². The molecule has 0 spiro atoms. The van der Waals surface area contributed by atoms with E-state index in [2.05, 4.69) is 10.1 Å². The molecule has 0 bridgehead atoms. The molecule has 1 atom stereocenters. The number of fused-ring (bicyclic) bond motifs is 1. The van der Waals surface area contributed by atoms with Crippen LogP contribution in [0.2, 0.25) is 0 Å². The monoisotopic (exact) mass is 290 g/mol. The number of ether oxygens (including phenoxy) is 1. The molecular weight excluding hydrogens is 272 g/mol. The first-order valence-corrected chi connectivity index (χ1v) is 6.69. The van der Waals surface area contributed by atoms with Gasteiger partial charge in [-0.05, 0) is 23.8 Å². The number of carbonyl (C=O) groups is 3. The summed E-state index contributed by atoms with van der Waals surface area (Å²) in [5.41, 5.74) is 2.21. The number of anilines is 1. The van der Waals surface area contributed by atoms with E-state index in [1.165, 1.54) is 12.0 Å². The van der Waals surface area contributed by atoms with Crippen LogP contribution in [0, 0.1) is 5.92 Å². The average Bonchev–Trinajstić information content (AvgIpc) is 2.49. The fourth-order valence-corrected chi connectivity index (χ4v) is 2.32. The van der Waals surface area contributed by atoms with Crippen LogP contribution in [0.1, 0.15) is 29.3 Å². The number of nitrogens with one attached hydrogen (secondary N) is 1. The van der Waals surface area contributed by atoms with Gasteiger partial charge in [0, 0.05) is 25.1 Å². The van der Waals surface area contributed by atoms with Crippen molar-refractivity contribution in [3.8, 4) is 0 Å². The Morgan fingerprint density at radius 2 is 2.14 bits per heavy atom. The highest BCUT2D eigenvalue weighted by molar-refractivity contribution is 6.01. The summed E-state index contributed by atoms with van der Waals surface area (Å²) in [5, 5.41) is 2.73. The number of rotatable bonds is 4. The molecule has 1 aliphatic heterocycles. The molecule has 6 heteroatoms. The zero-order valence-electron chi connectivity index (χ0n) is 12.3. The van der Waals surface area contributed by atoms with E-state index in [4.69, 9.17) is 0 Å². The Morgan fingerprint density at radius 1 is 1.43 bits per heavy atom. The summed E-state index contributed by atoms with van der Waals surface area (Å²) in [4.78, 5) is 36.6. The van der Waals surface area contributed by atoms with Crippen molar-refractivity contribution in [2.45, 2.75) is 19.9 Å². The Labute approximate surface area is 123 Å². The quantitative estimate of drug-likeness (QED) is 0.677. The van der Waals surface area contributed by atoms with Crippen molar-refractivity contribution in [3.05, 3.63) is 29.3 Å². The number of hydrogen-bond acceptors (Lipinski definition) is 4. The van der Waals surface area contributed by atoms with Gasteiger partial charge in [0.25, 0.3) is 0 Å². The normalized spacial score (nSPS) is 15.0. The number of esters is 1. The molecule has 21 heavy (non-hydrogen) atoms. The fourth-order valence-electron chi connectivity index (χ4n) is 2.32. The highest BCUT2D eigenvalue weighted by Gasteiger charge is 2.23. The highest BCUT2D eigenvalue weighted by Crippen LogP contribution is 2.25. The van der Waals surface area contributed by atoms with Gasteiger partial charge >= 0.3 is 12.0 Å². The zero-order valence-corrected chi connectivity index (χ0v) is 12.3. The second-order valence-electron chi connectivity index (χ2n) is 5.11. The van der Waals surface area contributed by atoms with Crippen molar-refractivity contribution >= 4 is 23.5 Å². The van der Waals surface area contributed by atoms with Crippen LogP contribution in [0.15, 0.2) is 18.2 Å². The topological polar surface area (TPSA) is 75.7 Å². The summed E-state index contributed by atoms with van der Waals surface area (Å²) >= 11 is 0. The number of hydrogen-bond donors (Lipinski definition) is 1. The maximum Gasteiger partial charge on any atom is 0.321 e. The molecule has 1 heterocycles. The van der Waals surface area contributed by atoms with Crippen molar-refractivity contribution in [2.24, 2.45) is 5.92 Å². The summed E-state index contributed by atoms with van der Waals surface area (Å²) < 4.78 is 4.58. The largest absolute Gasteiger partial charge is 0.469 e. The number of benzene rings is 1. The maximum atomic E-state index is 12.3. The lowest BCUT2D eigenvalue weighted by Gasteiger charge is -2.27. The van der Waals surface area contributed by atoms with Crippen LogP contribution in [0.25, 0.3) is 0 Å². The minimum Gasteiger partial charge on any atom is -0.469 e. The smallest absolute Gasteiger partial charge is 0.321 e. The Bertz CT molecular complexity index is 597. The molecular formula is C15H18N2O4. The van der Waals surface area contributed by atoms with Crippen molar-refractivity contribution < 1.29 is 19.1 Å². The molecule has 0 aliphatic carbocycles. The molecule has 1 aromatic rings. The van der Waals surface area contributed by atoms with Crippen molar-refractivity contribution in [3.63, 3.8) is 0 Å². The lowest BCUT2D eigenvalue weighted by atomic mass is 9.94. The minimum atomic E-state index is -0.439. The molecule has 0 aromatic heterocycles. The van der Waals surface area contributed by atoms with E-state index in [0.717, 1.165) is 11.3 Å². The average molecular weight is 290 g/mol. The van der Waals surface area contributed by atoms with Gasteiger partial charge in [-0.2, -0.15) is 0 Å². The molecule has 0 radical (unpaired) electrons. The van der Waals surface area contributed by atoms with Crippen LogP contribution in [-0.2, 0) is 16.1 Å². The third kappa shape index (κ3) is 3.04. The molecule has 1 aromatic carbocycles. The van der Waals surface area contributed by atoms with Crippen molar-refractivity contribution in [1.29, 1.82) is 0 Å². The van der Waals surface area contributed by atoms with Gasteiger partial charge < -0.3 is 10.1 Å². The van der Waals surface area contributed by atoms with Crippen molar-refractivity contribution in [1.82, 2.24) is 5.32 Å². The molecule has 1 unspecified atom stereocenters. The van der Waals surface area contributed by atoms with Crippen LogP contribution >= 0.6 is 0 Å². The highest BCUT2D eigenvalue weighted by atomic mass is 16.5. The Morgan fingerprint density at radius 3 is 2.81 bits per heavy atom. The Kier molecular flexibility index (Phi) is 4.26. The first kappa shape index (κ1) is 15.0. The van der Waals surface area contributed by atoms with Crippen molar-refractivity contribution in [2.75, 3.05) is 19.1 Å². The molecule has 2 amide bonds. The third-order valence-corrected chi connectivity index (χ3v) is 3.61. The number of ketones is 1. The lowest BCUT2D eigenvalue weighted by Crippen LogP contribution is -2.41. The van der Waals surface area contributed by atoms with E-state index in [1.807, 2.05) is 0 Å². The molecule has 112 valence electrons. The SMILES string of the molecule is COC(=O)CC(C)C(=O)c1ccc2c(c1)CNC(=O)N2C. The van der Waals surface area contributed by atoms with E-state index in [-0.39, 0.29) is 18.2 Å². The molecule has 1 aliphatic rings. The summed E-state index contributed by atoms with van der Waals surface area (Å²) in [5.74, 6) is -0.949. The molecule has 0 saturated heterocycles. The van der Waals surface area contributed by atoms with Gasteiger partial charge in [0.05, 0.1) is 19.2 Å². The van der Waals surface area contributed by atoms with E-state index < -0.39 is 11.9 Å². The van der Waals surface area contributed by atoms with Gasteiger partial charge in [-0.3, -0.25) is 14.5 Å². The third-order valence-electron chi connectivity index (χ3n) is 3.61. The van der Waals surface area contributed by atoms with Crippen LogP contribution in [-0.4, -0.2) is 31.9 Å².